The summed E-state index contributed by atoms with van der Waals surface area (Å²) in [5.74, 6) is -0.392. The Bertz CT molecular complexity index is 1370. The Hall–Kier alpha value is -3.44. The number of sulfonamides is 1. The second-order valence-electron chi connectivity index (χ2n) is 11.7. The van der Waals surface area contributed by atoms with Gasteiger partial charge in [-0.15, -0.1) is 0 Å². The number of nitrogens with one attached hydrogen (secondary N) is 3. The Balaban J connectivity index is 2.07. The van der Waals surface area contributed by atoms with E-state index in [1.807, 2.05) is 39.8 Å². The maximum absolute atomic E-state index is 14.3. The number of guanidine groups is 1. The molecule has 1 aliphatic rings. The highest BCUT2D eigenvalue weighted by Crippen LogP contribution is 2.35. The fourth-order valence-corrected chi connectivity index (χ4v) is 7.00. The molecule has 224 valence electrons. The smallest absolute Gasteiger partial charge is 0.241 e. The molecule has 0 aliphatic carbocycles. The van der Waals surface area contributed by atoms with Crippen LogP contribution in [-0.4, -0.2) is 68.1 Å². The maximum atomic E-state index is 14.3. The van der Waals surface area contributed by atoms with Gasteiger partial charge in [-0.3, -0.25) is 15.6 Å². The van der Waals surface area contributed by atoms with Gasteiger partial charge >= 0.3 is 0 Å². The third-order valence-electron chi connectivity index (χ3n) is 7.55. The standard InChI is InChI=1S/C30H45N7O3S/c1-18(2)23-16-24(19(3)4)27(25(17-23)20(5)6)41(39,40)35-26(15-21-8-7-9-22(14-21)28(31)32)29(38)36-10-12-37(13-11-36)30(33)34/h7-9,14,16-20,26,35H,10-13,15H2,1-6H3,(H3,31,32)(H3,33,34)/t26-/m0/s1. The van der Waals surface area contributed by atoms with Crippen LogP contribution in [0.15, 0.2) is 41.3 Å². The van der Waals surface area contributed by atoms with Crippen molar-refractivity contribution >= 4 is 27.7 Å². The SMILES string of the molecule is CC(C)c1cc(C(C)C)c(S(=O)(=O)N[C@@H](Cc2cccc(C(=N)N)c2)C(=O)N2CCN(C(=N)N)CC2)c(C(C)C)c1. The monoisotopic (exact) mass is 583 g/mol. The number of nitrogens with two attached hydrogens (primary N) is 2. The summed E-state index contributed by atoms with van der Waals surface area (Å²) in [6.07, 6.45) is 0.0875. The number of piperazine rings is 1. The summed E-state index contributed by atoms with van der Waals surface area (Å²) < 4.78 is 31.4. The van der Waals surface area contributed by atoms with Gasteiger partial charge in [0.15, 0.2) is 5.96 Å². The van der Waals surface area contributed by atoms with E-state index in [1.54, 1.807) is 34.1 Å². The zero-order valence-corrected chi connectivity index (χ0v) is 25.8. The van der Waals surface area contributed by atoms with Crippen LogP contribution in [0.4, 0.5) is 0 Å². The molecular formula is C30H45N7O3S. The Morgan fingerprint density at radius 2 is 1.41 bits per heavy atom. The van der Waals surface area contributed by atoms with Crippen LogP contribution in [0.1, 0.15) is 87.1 Å². The fourth-order valence-electron chi connectivity index (χ4n) is 5.12. The number of rotatable bonds is 10. The minimum Gasteiger partial charge on any atom is -0.384 e. The molecule has 11 heteroatoms. The van der Waals surface area contributed by atoms with Gasteiger partial charge < -0.3 is 21.3 Å². The molecular weight excluding hydrogens is 538 g/mol. The molecule has 1 aliphatic heterocycles. The van der Waals surface area contributed by atoms with Crippen molar-refractivity contribution in [1.29, 1.82) is 10.8 Å². The molecule has 1 heterocycles. The topological polar surface area (TPSA) is 169 Å². The van der Waals surface area contributed by atoms with Crippen molar-refractivity contribution in [2.45, 2.75) is 76.7 Å². The first-order valence-electron chi connectivity index (χ1n) is 14.1. The van der Waals surface area contributed by atoms with Crippen molar-refractivity contribution in [2.75, 3.05) is 26.2 Å². The molecule has 0 aromatic heterocycles. The normalized spacial score (nSPS) is 15.0. The minimum atomic E-state index is -4.14. The minimum absolute atomic E-state index is 0.0531. The third kappa shape index (κ3) is 7.65. The molecule has 2 aromatic carbocycles. The number of hydrogen-bond acceptors (Lipinski definition) is 5. The van der Waals surface area contributed by atoms with Crippen molar-refractivity contribution in [3.63, 3.8) is 0 Å². The van der Waals surface area contributed by atoms with Crippen molar-refractivity contribution in [3.8, 4) is 0 Å². The predicted molar refractivity (Wildman–Crippen MR) is 164 cm³/mol. The van der Waals surface area contributed by atoms with Crippen LogP contribution >= 0.6 is 0 Å². The first-order valence-corrected chi connectivity index (χ1v) is 15.6. The molecule has 0 spiro atoms. The van der Waals surface area contributed by atoms with Gasteiger partial charge in [-0.2, -0.15) is 4.72 Å². The van der Waals surface area contributed by atoms with Gasteiger partial charge in [0.25, 0.3) is 0 Å². The van der Waals surface area contributed by atoms with E-state index < -0.39 is 16.1 Å². The quantitative estimate of drug-likeness (QED) is 0.212. The summed E-state index contributed by atoms with van der Waals surface area (Å²) in [6, 6.07) is 9.82. The van der Waals surface area contributed by atoms with Gasteiger partial charge in [0.1, 0.15) is 11.9 Å². The molecule has 1 atom stereocenters. The van der Waals surface area contributed by atoms with Crippen LogP contribution in [0.5, 0.6) is 0 Å². The van der Waals surface area contributed by atoms with Crippen molar-refractivity contribution < 1.29 is 13.2 Å². The first-order chi connectivity index (χ1) is 19.1. The van der Waals surface area contributed by atoms with Gasteiger partial charge in [0.2, 0.25) is 15.9 Å². The largest absolute Gasteiger partial charge is 0.384 e. The zero-order valence-electron chi connectivity index (χ0n) is 25.0. The molecule has 41 heavy (non-hydrogen) atoms. The van der Waals surface area contributed by atoms with Crippen molar-refractivity contribution in [3.05, 3.63) is 64.2 Å². The number of carbonyl (C=O) groups is 1. The van der Waals surface area contributed by atoms with Gasteiger partial charge in [0, 0.05) is 31.7 Å². The molecule has 10 nitrogen and oxygen atoms in total. The van der Waals surface area contributed by atoms with Crippen LogP contribution in [0.2, 0.25) is 0 Å². The second-order valence-corrected chi connectivity index (χ2v) is 13.3. The summed E-state index contributed by atoms with van der Waals surface area (Å²) in [7, 11) is -4.14. The first kappa shape index (κ1) is 32.1. The van der Waals surface area contributed by atoms with Gasteiger partial charge in [-0.1, -0.05) is 71.9 Å². The highest BCUT2D eigenvalue weighted by Gasteiger charge is 2.34. The molecule has 1 amide bonds. The molecule has 0 bridgehead atoms. The zero-order chi connectivity index (χ0) is 30.6. The summed E-state index contributed by atoms with van der Waals surface area (Å²) >= 11 is 0. The lowest BCUT2D eigenvalue weighted by atomic mass is 9.89. The Morgan fingerprint density at radius 1 is 0.878 bits per heavy atom. The van der Waals surface area contributed by atoms with Crippen LogP contribution in [-0.2, 0) is 21.2 Å². The average molecular weight is 584 g/mol. The van der Waals surface area contributed by atoms with E-state index in [9.17, 15) is 13.2 Å². The Kier molecular flexibility index (Phi) is 10.2. The van der Waals surface area contributed by atoms with E-state index in [4.69, 9.17) is 22.3 Å². The van der Waals surface area contributed by atoms with E-state index >= 15 is 0 Å². The second kappa shape index (κ2) is 13.0. The molecule has 2 aromatic rings. The van der Waals surface area contributed by atoms with E-state index in [0.717, 1.165) is 16.7 Å². The van der Waals surface area contributed by atoms with Crippen molar-refractivity contribution in [1.82, 2.24) is 14.5 Å². The average Bonchev–Trinajstić information content (AvgIpc) is 2.91. The maximum Gasteiger partial charge on any atom is 0.241 e. The molecule has 3 rings (SSSR count). The van der Waals surface area contributed by atoms with E-state index in [1.165, 1.54) is 0 Å². The number of hydrogen-bond donors (Lipinski definition) is 5. The molecule has 0 unspecified atom stereocenters. The summed E-state index contributed by atoms with van der Waals surface area (Å²) in [4.78, 5) is 17.5. The van der Waals surface area contributed by atoms with Crippen LogP contribution in [0.3, 0.4) is 0 Å². The fraction of sp³-hybridized carbons (Fsp3) is 0.500. The highest BCUT2D eigenvalue weighted by molar-refractivity contribution is 7.89. The molecule has 0 saturated carbocycles. The Labute approximate surface area is 244 Å². The summed E-state index contributed by atoms with van der Waals surface area (Å²) in [5, 5.41) is 15.5. The predicted octanol–water partition coefficient (Wildman–Crippen LogP) is 3.27. The van der Waals surface area contributed by atoms with Gasteiger partial charge in [-0.25, -0.2) is 8.42 Å². The summed E-state index contributed by atoms with van der Waals surface area (Å²) in [6.45, 7) is 13.5. The number of amides is 1. The number of carbonyl (C=O) groups excluding carboxylic acids is 1. The number of nitrogen functional groups attached to an aromatic ring is 1. The van der Waals surface area contributed by atoms with Crippen LogP contribution in [0, 0.1) is 10.8 Å². The van der Waals surface area contributed by atoms with E-state index in [2.05, 4.69) is 18.6 Å². The van der Waals surface area contributed by atoms with Gasteiger partial charge in [0.05, 0.1) is 4.90 Å². The molecule has 7 N–H and O–H groups in total. The summed E-state index contributed by atoms with van der Waals surface area (Å²) in [5.41, 5.74) is 15.0. The number of amidine groups is 1. The van der Waals surface area contributed by atoms with E-state index in [-0.39, 0.29) is 46.8 Å². The molecule has 1 fully saturated rings. The lowest BCUT2D eigenvalue weighted by Crippen LogP contribution is -2.57. The molecule has 0 radical (unpaired) electrons. The third-order valence-corrected chi connectivity index (χ3v) is 9.16. The molecule has 1 saturated heterocycles. The lowest BCUT2D eigenvalue weighted by molar-refractivity contribution is -0.134. The number of nitrogens with zero attached hydrogens (tertiary/aromatic N) is 2. The van der Waals surface area contributed by atoms with Crippen LogP contribution in [0.25, 0.3) is 0 Å². The van der Waals surface area contributed by atoms with Gasteiger partial charge in [-0.05, 0) is 52.5 Å². The van der Waals surface area contributed by atoms with E-state index in [0.29, 0.717) is 37.3 Å². The highest BCUT2D eigenvalue weighted by atomic mass is 32.2. The number of benzene rings is 2. The van der Waals surface area contributed by atoms with Crippen LogP contribution < -0.4 is 16.2 Å². The lowest BCUT2D eigenvalue weighted by Gasteiger charge is -2.36. The van der Waals surface area contributed by atoms with Crippen molar-refractivity contribution in [2.24, 2.45) is 11.5 Å². The Morgan fingerprint density at radius 3 is 1.88 bits per heavy atom.